The van der Waals surface area contributed by atoms with Crippen LogP contribution in [0.25, 0.3) is 11.1 Å². The second kappa shape index (κ2) is 7.01. The number of anilines is 2. The summed E-state index contributed by atoms with van der Waals surface area (Å²) >= 11 is 0. The molecule has 1 N–H and O–H groups in total. The van der Waals surface area contributed by atoms with E-state index in [-0.39, 0.29) is 11.5 Å². The monoisotopic (exact) mass is 331 g/mol. The Morgan fingerprint density at radius 3 is 1.96 bits per heavy atom. The molecule has 0 aliphatic rings. The predicted molar refractivity (Wildman–Crippen MR) is 98.1 cm³/mol. The van der Waals surface area contributed by atoms with Gasteiger partial charge in [0.1, 0.15) is 0 Å². The number of carboxylic acids is 1. The molecule has 1 amide bonds. The number of carboxylic acid groups (broad SMARTS) is 1. The fourth-order valence-corrected chi connectivity index (χ4v) is 2.78. The summed E-state index contributed by atoms with van der Waals surface area (Å²) in [5, 5.41) is 9.57. The Bertz CT molecular complexity index is 905. The minimum atomic E-state index is -1.07. The highest BCUT2D eigenvalue weighted by atomic mass is 16.4. The Labute approximate surface area is 146 Å². The average Bonchev–Trinajstić information content (AvgIpc) is 2.63. The second-order valence-corrected chi connectivity index (χ2v) is 5.59. The van der Waals surface area contributed by atoms with Crippen molar-refractivity contribution in [1.29, 1.82) is 0 Å². The van der Waals surface area contributed by atoms with Gasteiger partial charge in [0.2, 0.25) is 5.91 Å². The van der Waals surface area contributed by atoms with Crippen LogP contribution in [-0.4, -0.2) is 17.0 Å². The molecule has 0 saturated carbocycles. The Morgan fingerprint density at radius 2 is 1.40 bits per heavy atom. The maximum Gasteiger partial charge on any atom is 0.337 e. The largest absolute Gasteiger partial charge is 0.478 e. The lowest BCUT2D eigenvalue weighted by Gasteiger charge is -2.24. The summed E-state index contributed by atoms with van der Waals surface area (Å²) in [6.45, 7) is 1.42. The highest BCUT2D eigenvalue weighted by Gasteiger charge is 2.21. The highest BCUT2D eigenvalue weighted by molar-refractivity contribution is 6.06. The van der Waals surface area contributed by atoms with Gasteiger partial charge in [-0.3, -0.25) is 9.69 Å². The van der Waals surface area contributed by atoms with E-state index in [9.17, 15) is 14.7 Å². The fourth-order valence-electron chi connectivity index (χ4n) is 2.78. The summed E-state index contributed by atoms with van der Waals surface area (Å²) in [5.41, 5.74) is 2.87. The molecule has 0 aliphatic carbocycles. The van der Waals surface area contributed by atoms with Gasteiger partial charge in [-0.25, -0.2) is 4.79 Å². The van der Waals surface area contributed by atoms with Crippen molar-refractivity contribution >= 4 is 23.3 Å². The van der Waals surface area contributed by atoms with E-state index in [1.54, 1.807) is 30.3 Å². The van der Waals surface area contributed by atoms with Crippen LogP contribution in [0.5, 0.6) is 0 Å². The van der Waals surface area contributed by atoms with Crippen molar-refractivity contribution in [3.05, 3.63) is 84.4 Å². The maximum atomic E-state index is 12.3. The van der Waals surface area contributed by atoms with Crippen molar-refractivity contribution in [3.63, 3.8) is 0 Å². The van der Waals surface area contributed by atoms with Crippen molar-refractivity contribution in [2.24, 2.45) is 0 Å². The first-order valence-electron chi connectivity index (χ1n) is 7.86. The molecule has 3 aromatic carbocycles. The number of nitrogens with zero attached hydrogens (tertiary/aromatic N) is 1. The molecule has 0 saturated heterocycles. The molecular weight excluding hydrogens is 314 g/mol. The smallest absolute Gasteiger partial charge is 0.337 e. The lowest BCUT2D eigenvalue weighted by Crippen LogP contribution is -2.24. The Hall–Kier alpha value is -3.40. The van der Waals surface area contributed by atoms with E-state index in [0.29, 0.717) is 11.4 Å². The summed E-state index contributed by atoms with van der Waals surface area (Å²) in [4.78, 5) is 25.4. The summed E-state index contributed by atoms with van der Waals surface area (Å²) in [6.07, 6.45) is 0. The molecule has 0 unspecified atom stereocenters. The Kier molecular flexibility index (Phi) is 4.61. The van der Waals surface area contributed by atoms with Crippen LogP contribution in [0.1, 0.15) is 17.3 Å². The minimum absolute atomic E-state index is 0.0822. The number of amides is 1. The van der Waals surface area contributed by atoms with Crippen LogP contribution >= 0.6 is 0 Å². The van der Waals surface area contributed by atoms with Crippen molar-refractivity contribution in [2.75, 3.05) is 4.90 Å². The predicted octanol–water partition coefficient (Wildman–Crippen LogP) is 4.74. The molecule has 0 atom stereocenters. The number of carbonyl (C=O) groups excluding carboxylic acids is 1. The zero-order chi connectivity index (χ0) is 17.8. The molecule has 0 fully saturated rings. The van der Waals surface area contributed by atoms with Gasteiger partial charge < -0.3 is 5.11 Å². The molecule has 4 heteroatoms. The number of benzene rings is 3. The van der Waals surface area contributed by atoms with Gasteiger partial charge in [0, 0.05) is 12.6 Å². The van der Waals surface area contributed by atoms with Crippen molar-refractivity contribution < 1.29 is 14.7 Å². The van der Waals surface area contributed by atoms with Crippen LogP contribution in [-0.2, 0) is 4.79 Å². The molecule has 25 heavy (non-hydrogen) atoms. The normalized spacial score (nSPS) is 10.3. The van der Waals surface area contributed by atoms with Crippen LogP contribution in [0.3, 0.4) is 0 Å². The fraction of sp³-hybridized carbons (Fsp3) is 0.0476. The standard InChI is InChI=1S/C21H17NO3/c1-15(23)22(18-10-6-3-7-11-18)20-14-17(12-13-19(20)21(24)25)16-8-4-2-5-9-16/h2-14H,1H3,(H,24,25). The van der Waals surface area contributed by atoms with Gasteiger partial charge in [0.05, 0.1) is 11.3 Å². The van der Waals surface area contributed by atoms with E-state index in [4.69, 9.17) is 0 Å². The van der Waals surface area contributed by atoms with Gasteiger partial charge in [-0.2, -0.15) is 0 Å². The van der Waals surface area contributed by atoms with E-state index in [1.807, 2.05) is 48.5 Å². The zero-order valence-corrected chi connectivity index (χ0v) is 13.7. The van der Waals surface area contributed by atoms with Gasteiger partial charge >= 0.3 is 5.97 Å². The molecule has 124 valence electrons. The molecule has 0 bridgehead atoms. The van der Waals surface area contributed by atoms with E-state index >= 15 is 0 Å². The van der Waals surface area contributed by atoms with Gasteiger partial charge in [-0.15, -0.1) is 0 Å². The van der Waals surface area contributed by atoms with Gasteiger partial charge in [0.25, 0.3) is 0 Å². The summed E-state index contributed by atoms with van der Waals surface area (Å²) < 4.78 is 0. The maximum absolute atomic E-state index is 12.3. The molecular formula is C21H17NO3. The lowest BCUT2D eigenvalue weighted by atomic mass is 10.0. The number of hydrogen-bond acceptors (Lipinski definition) is 2. The van der Waals surface area contributed by atoms with E-state index in [0.717, 1.165) is 11.1 Å². The number of aromatic carboxylic acids is 1. The Morgan fingerprint density at radius 1 is 0.800 bits per heavy atom. The first kappa shape index (κ1) is 16.5. The third-order valence-corrected chi connectivity index (χ3v) is 3.91. The molecule has 0 spiro atoms. The zero-order valence-electron chi connectivity index (χ0n) is 13.7. The SMILES string of the molecule is CC(=O)N(c1ccccc1)c1cc(-c2ccccc2)ccc1C(=O)O. The number of hydrogen-bond donors (Lipinski definition) is 1. The first-order valence-corrected chi connectivity index (χ1v) is 7.86. The number of rotatable bonds is 4. The third-order valence-electron chi connectivity index (χ3n) is 3.91. The summed E-state index contributed by atoms with van der Waals surface area (Å²) in [5.74, 6) is -1.32. The highest BCUT2D eigenvalue weighted by Crippen LogP contribution is 2.33. The van der Waals surface area contributed by atoms with Gasteiger partial charge in [-0.05, 0) is 35.4 Å². The molecule has 0 aliphatic heterocycles. The number of carbonyl (C=O) groups is 2. The van der Waals surface area contributed by atoms with Crippen LogP contribution in [0.2, 0.25) is 0 Å². The first-order chi connectivity index (χ1) is 12.1. The van der Waals surface area contributed by atoms with Crippen molar-refractivity contribution in [2.45, 2.75) is 6.92 Å². The van der Waals surface area contributed by atoms with Crippen molar-refractivity contribution in [1.82, 2.24) is 0 Å². The van der Waals surface area contributed by atoms with Gasteiger partial charge in [0.15, 0.2) is 0 Å². The number of para-hydroxylation sites is 1. The molecule has 0 radical (unpaired) electrons. The second-order valence-electron chi connectivity index (χ2n) is 5.59. The molecule has 3 aromatic rings. The average molecular weight is 331 g/mol. The van der Waals surface area contributed by atoms with Crippen LogP contribution in [0.4, 0.5) is 11.4 Å². The van der Waals surface area contributed by atoms with E-state index in [2.05, 4.69) is 0 Å². The Balaban J connectivity index is 2.20. The molecule has 0 heterocycles. The molecule has 0 aromatic heterocycles. The lowest BCUT2D eigenvalue weighted by molar-refractivity contribution is -0.115. The van der Waals surface area contributed by atoms with E-state index in [1.165, 1.54) is 11.8 Å². The topological polar surface area (TPSA) is 57.6 Å². The van der Waals surface area contributed by atoms with Crippen LogP contribution < -0.4 is 4.90 Å². The van der Waals surface area contributed by atoms with Crippen molar-refractivity contribution in [3.8, 4) is 11.1 Å². The summed E-state index contributed by atoms with van der Waals surface area (Å²) in [6, 6.07) is 23.7. The quantitative estimate of drug-likeness (QED) is 0.751. The minimum Gasteiger partial charge on any atom is -0.478 e. The molecule has 4 nitrogen and oxygen atoms in total. The van der Waals surface area contributed by atoms with Crippen LogP contribution in [0, 0.1) is 0 Å². The van der Waals surface area contributed by atoms with E-state index < -0.39 is 5.97 Å². The third kappa shape index (κ3) is 3.43. The van der Waals surface area contributed by atoms with Crippen LogP contribution in [0.15, 0.2) is 78.9 Å². The van der Waals surface area contributed by atoms with Gasteiger partial charge in [-0.1, -0.05) is 54.6 Å². The summed E-state index contributed by atoms with van der Waals surface area (Å²) in [7, 11) is 0. The molecule has 3 rings (SSSR count).